The summed E-state index contributed by atoms with van der Waals surface area (Å²) >= 11 is 0. The summed E-state index contributed by atoms with van der Waals surface area (Å²) < 4.78 is 47.1. The molecule has 1 atom stereocenters. The van der Waals surface area contributed by atoms with Crippen LogP contribution in [0.25, 0.3) is 11.0 Å². The van der Waals surface area contributed by atoms with Crippen molar-refractivity contribution in [3.8, 4) is 0 Å². The third-order valence-corrected chi connectivity index (χ3v) is 14.7. The van der Waals surface area contributed by atoms with Crippen LogP contribution in [-0.4, -0.2) is 65.6 Å². The first kappa shape index (κ1) is 36.9. The highest BCUT2D eigenvalue weighted by molar-refractivity contribution is 6.99. The number of morpholine rings is 1. The summed E-state index contributed by atoms with van der Waals surface area (Å²) in [4.78, 5) is 31.3. The molecular weight excluding hydrogens is 681 g/mol. The van der Waals surface area contributed by atoms with Crippen molar-refractivity contribution >= 4 is 47.1 Å². The first-order valence-electron chi connectivity index (χ1n) is 17.5. The van der Waals surface area contributed by atoms with Crippen LogP contribution in [0.3, 0.4) is 0 Å². The lowest BCUT2D eigenvalue weighted by Gasteiger charge is -2.43. The van der Waals surface area contributed by atoms with Gasteiger partial charge in [0.05, 0.1) is 31.2 Å². The zero-order valence-electron chi connectivity index (χ0n) is 30.2. The standard InChI is InChI=1S/C41H45F2N3O5Si/c1-28(44-32-25-30(42)24-31(43)26-32)35-22-29(23-36-37(47)27-38(51-39(35)36)46-17-19-49-20-18-46)40(48)45(5)16-21-50-52(41(2,3)4,33-12-8-6-9-13-33)34-14-10-7-11-15-34/h6-15,22-28,44H,16-21H2,1-5H3. The highest BCUT2D eigenvalue weighted by Gasteiger charge is 2.50. The number of nitrogens with one attached hydrogen (secondary N) is 1. The summed E-state index contributed by atoms with van der Waals surface area (Å²) in [6, 6.07) is 27.9. The Kier molecular flexibility index (Phi) is 10.9. The molecule has 1 N–H and O–H groups in total. The number of hydrogen-bond donors (Lipinski definition) is 1. The van der Waals surface area contributed by atoms with Crippen LogP contribution in [0.1, 0.15) is 49.7 Å². The summed E-state index contributed by atoms with van der Waals surface area (Å²) in [6.07, 6.45) is 0. The number of carbonyl (C=O) groups is 1. The number of hydrogen-bond acceptors (Lipinski definition) is 7. The molecule has 4 aromatic carbocycles. The van der Waals surface area contributed by atoms with Crippen molar-refractivity contribution in [1.29, 1.82) is 0 Å². The zero-order valence-corrected chi connectivity index (χ0v) is 31.2. The molecule has 6 rings (SSSR count). The maximum Gasteiger partial charge on any atom is 0.261 e. The second-order valence-electron chi connectivity index (χ2n) is 14.3. The van der Waals surface area contributed by atoms with Gasteiger partial charge in [0.25, 0.3) is 14.2 Å². The Morgan fingerprint density at radius 3 is 2.10 bits per heavy atom. The average Bonchev–Trinajstić information content (AvgIpc) is 3.12. The minimum Gasteiger partial charge on any atom is -0.440 e. The van der Waals surface area contributed by atoms with E-state index in [4.69, 9.17) is 13.6 Å². The van der Waals surface area contributed by atoms with Crippen LogP contribution < -0.4 is 26.0 Å². The van der Waals surface area contributed by atoms with Crippen molar-refractivity contribution in [2.24, 2.45) is 0 Å². The lowest BCUT2D eigenvalue weighted by molar-refractivity contribution is 0.0771. The number of fused-ring (bicyclic) bond motifs is 1. The van der Waals surface area contributed by atoms with E-state index in [2.05, 4.69) is 50.4 Å². The summed E-state index contributed by atoms with van der Waals surface area (Å²) in [7, 11) is -1.12. The Morgan fingerprint density at radius 1 is 0.923 bits per heavy atom. The predicted octanol–water partition coefficient (Wildman–Crippen LogP) is 6.73. The molecule has 1 aliphatic rings. The third-order valence-electron chi connectivity index (χ3n) is 9.64. The fraction of sp³-hybridized carbons (Fsp3) is 0.317. The van der Waals surface area contributed by atoms with Gasteiger partial charge in [0.15, 0.2) is 11.3 Å². The van der Waals surface area contributed by atoms with E-state index in [-0.39, 0.29) is 46.2 Å². The molecule has 0 radical (unpaired) electrons. The monoisotopic (exact) mass is 725 g/mol. The van der Waals surface area contributed by atoms with Crippen LogP contribution in [0.2, 0.25) is 5.04 Å². The molecule has 2 heterocycles. The van der Waals surface area contributed by atoms with E-state index >= 15 is 0 Å². The first-order chi connectivity index (χ1) is 24.9. The molecule has 1 saturated heterocycles. The van der Waals surface area contributed by atoms with E-state index in [1.54, 1.807) is 31.0 Å². The number of ether oxygens (including phenoxy) is 1. The molecule has 1 aromatic heterocycles. The number of benzene rings is 4. The fourth-order valence-electron chi connectivity index (χ4n) is 7.04. The molecular formula is C41H45F2N3O5Si. The van der Waals surface area contributed by atoms with Gasteiger partial charge in [-0.25, -0.2) is 8.78 Å². The Labute approximate surface area is 304 Å². The molecule has 5 aromatic rings. The smallest absolute Gasteiger partial charge is 0.261 e. The molecule has 1 amide bonds. The van der Waals surface area contributed by atoms with Crippen LogP contribution in [0.5, 0.6) is 0 Å². The highest BCUT2D eigenvalue weighted by Crippen LogP contribution is 2.37. The van der Waals surface area contributed by atoms with Crippen molar-refractivity contribution in [1.82, 2.24) is 4.90 Å². The summed E-state index contributed by atoms with van der Waals surface area (Å²) in [5.74, 6) is -1.38. The molecule has 11 heteroatoms. The molecule has 0 spiro atoms. The van der Waals surface area contributed by atoms with Gasteiger partial charge < -0.3 is 28.7 Å². The maximum absolute atomic E-state index is 14.1. The lowest BCUT2D eigenvalue weighted by atomic mass is 9.99. The molecule has 1 aliphatic heterocycles. The van der Waals surface area contributed by atoms with E-state index < -0.39 is 26.0 Å². The number of nitrogens with zero attached hydrogens (tertiary/aromatic N) is 2. The SMILES string of the molecule is CC(Nc1cc(F)cc(F)c1)c1cc(C(=O)N(C)CCO[Si](c2ccccc2)(c2ccccc2)C(C)(C)C)cc2c(=O)cc(N3CCOCC3)oc12. The normalized spacial score (nSPS) is 14.3. The first-order valence-corrected chi connectivity index (χ1v) is 19.5. The van der Waals surface area contributed by atoms with Gasteiger partial charge >= 0.3 is 0 Å². The molecule has 272 valence electrons. The largest absolute Gasteiger partial charge is 0.440 e. The molecule has 0 saturated carbocycles. The number of anilines is 2. The second kappa shape index (κ2) is 15.4. The van der Waals surface area contributed by atoms with Crippen LogP contribution in [0.4, 0.5) is 20.4 Å². The van der Waals surface area contributed by atoms with Gasteiger partial charge in [0.2, 0.25) is 0 Å². The minimum absolute atomic E-state index is 0.208. The molecule has 1 fully saturated rings. The van der Waals surface area contributed by atoms with Crippen molar-refractivity contribution in [3.63, 3.8) is 0 Å². The van der Waals surface area contributed by atoms with Crippen molar-refractivity contribution in [2.75, 3.05) is 56.7 Å². The number of likely N-dealkylation sites (N-methyl/N-ethyl adjacent to an activating group) is 1. The highest BCUT2D eigenvalue weighted by atomic mass is 28.4. The Bertz CT molecular complexity index is 2020. The van der Waals surface area contributed by atoms with Crippen molar-refractivity contribution < 1.29 is 27.2 Å². The number of halogens is 2. The van der Waals surface area contributed by atoms with E-state index in [1.165, 1.54) is 18.2 Å². The third kappa shape index (κ3) is 7.67. The zero-order chi connectivity index (χ0) is 37.0. The Morgan fingerprint density at radius 2 is 1.52 bits per heavy atom. The summed E-state index contributed by atoms with van der Waals surface area (Å²) in [5.41, 5.74) is 0.968. The fourth-order valence-corrected chi connectivity index (χ4v) is 11.6. The van der Waals surface area contributed by atoms with E-state index in [1.807, 2.05) is 41.3 Å². The van der Waals surface area contributed by atoms with Gasteiger partial charge in [-0.1, -0.05) is 81.4 Å². The van der Waals surface area contributed by atoms with Gasteiger partial charge in [-0.15, -0.1) is 0 Å². The predicted molar refractivity (Wildman–Crippen MR) is 204 cm³/mol. The molecule has 52 heavy (non-hydrogen) atoms. The Balaban J connectivity index is 1.32. The summed E-state index contributed by atoms with van der Waals surface area (Å²) in [6.45, 7) is 11.1. The van der Waals surface area contributed by atoms with Gasteiger partial charge in [-0.2, -0.15) is 0 Å². The van der Waals surface area contributed by atoms with Crippen LogP contribution in [-0.2, 0) is 9.16 Å². The lowest BCUT2D eigenvalue weighted by Crippen LogP contribution is -2.67. The van der Waals surface area contributed by atoms with E-state index in [9.17, 15) is 18.4 Å². The Hall–Kier alpha value is -4.84. The maximum atomic E-state index is 14.1. The van der Waals surface area contributed by atoms with Gasteiger partial charge in [-0.05, 0) is 46.6 Å². The number of rotatable bonds is 11. The van der Waals surface area contributed by atoms with Crippen molar-refractivity contribution in [2.45, 2.75) is 38.8 Å². The average molecular weight is 726 g/mol. The van der Waals surface area contributed by atoms with Crippen LogP contribution in [0, 0.1) is 11.6 Å². The van der Waals surface area contributed by atoms with Crippen molar-refractivity contribution in [3.05, 3.63) is 130 Å². The number of amides is 1. The van der Waals surface area contributed by atoms with Crippen LogP contribution >= 0.6 is 0 Å². The summed E-state index contributed by atoms with van der Waals surface area (Å²) in [5, 5.41) is 5.41. The van der Waals surface area contributed by atoms with Gasteiger partial charge in [0.1, 0.15) is 17.2 Å². The van der Waals surface area contributed by atoms with Gasteiger partial charge in [-0.3, -0.25) is 9.59 Å². The second-order valence-corrected chi connectivity index (χ2v) is 18.6. The number of carbonyl (C=O) groups excluding carboxylic acids is 1. The minimum atomic E-state index is -2.83. The quantitative estimate of drug-likeness (QED) is 0.151. The molecule has 8 nitrogen and oxygen atoms in total. The molecule has 0 bridgehead atoms. The van der Waals surface area contributed by atoms with Crippen LogP contribution in [0.15, 0.2) is 106 Å². The molecule has 1 unspecified atom stereocenters. The van der Waals surface area contributed by atoms with E-state index in [0.29, 0.717) is 43.3 Å². The van der Waals surface area contributed by atoms with E-state index in [0.717, 1.165) is 16.4 Å². The van der Waals surface area contributed by atoms with Gasteiger partial charge in [0, 0.05) is 55.6 Å². The molecule has 0 aliphatic carbocycles. The topological polar surface area (TPSA) is 84.3 Å².